The Balaban J connectivity index is 2.02. The van der Waals surface area contributed by atoms with E-state index in [0.717, 1.165) is 11.3 Å². The van der Waals surface area contributed by atoms with Crippen molar-refractivity contribution in [3.8, 4) is 0 Å². The highest BCUT2D eigenvalue weighted by Gasteiger charge is 2.56. The van der Waals surface area contributed by atoms with Crippen molar-refractivity contribution < 1.29 is 14.4 Å². The van der Waals surface area contributed by atoms with Crippen LogP contribution in [0.2, 0.25) is 0 Å². The van der Waals surface area contributed by atoms with Crippen molar-refractivity contribution in [1.82, 2.24) is 15.5 Å². The fourth-order valence-corrected chi connectivity index (χ4v) is 4.29. The molecule has 2 fully saturated rings. The smallest absolute Gasteiger partial charge is 0.325 e. The molecular formula is C17H30N4O3. The fourth-order valence-electron chi connectivity index (χ4n) is 4.29. The summed E-state index contributed by atoms with van der Waals surface area (Å²) < 4.78 is 0. The number of amides is 4. The molecule has 0 radical (unpaired) electrons. The maximum Gasteiger partial charge on any atom is 0.325 e. The number of hydrogen-bond acceptors (Lipinski definition) is 4. The van der Waals surface area contributed by atoms with Crippen LogP contribution in [0.1, 0.15) is 53.4 Å². The Bertz CT molecular complexity index is 532. The highest BCUT2D eigenvalue weighted by atomic mass is 16.2. The molecule has 1 heterocycles. The summed E-state index contributed by atoms with van der Waals surface area (Å²) in [5.74, 6) is -0.258. The van der Waals surface area contributed by atoms with Crippen molar-refractivity contribution in [1.29, 1.82) is 0 Å². The molecular weight excluding hydrogens is 308 g/mol. The first kappa shape index (κ1) is 18.7. The van der Waals surface area contributed by atoms with Crippen molar-refractivity contribution in [3.63, 3.8) is 0 Å². The van der Waals surface area contributed by atoms with E-state index in [9.17, 15) is 14.4 Å². The second-order valence-electron chi connectivity index (χ2n) is 8.37. The lowest BCUT2D eigenvalue weighted by Gasteiger charge is -2.43. The van der Waals surface area contributed by atoms with Crippen molar-refractivity contribution in [3.05, 3.63) is 0 Å². The molecule has 1 saturated heterocycles. The van der Waals surface area contributed by atoms with Crippen LogP contribution in [0, 0.1) is 11.3 Å². The molecule has 0 aromatic heterocycles. The Kier molecular flexibility index (Phi) is 5.22. The van der Waals surface area contributed by atoms with E-state index in [2.05, 4.69) is 31.4 Å². The third-order valence-electron chi connectivity index (χ3n) is 4.85. The predicted molar refractivity (Wildman–Crippen MR) is 91.0 cm³/mol. The van der Waals surface area contributed by atoms with E-state index in [-0.39, 0.29) is 29.8 Å². The molecule has 3 unspecified atom stereocenters. The van der Waals surface area contributed by atoms with Gasteiger partial charge in [-0.05, 0) is 43.9 Å². The molecule has 7 heteroatoms. The molecule has 4 N–H and O–H groups in total. The largest absolute Gasteiger partial charge is 0.354 e. The highest BCUT2D eigenvalue weighted by molar-refractivity contribution is 6.09. The van der Waals surface area contributed by atoms with Crippen molar-refractivity contribution in [2.24, 2.45) is 17.1 Å². The number of carbonyl (C=O) groups is 3. The van der Waals surface area contributed by atoms with Crippen molar-refractivity contribution in [2.75, 3.05) is 13.1 Å². The number of nitrogens with two attached hydrogens (primary N) is 1. The zero-order valence-electron chi connectivity index (χ0n) is 15.1. The number of nitrogens with one attached hydrogen (secondary N) is 2. The molecule has 4 amide bonds. The van der Waals surface area contributed by atoms with Gasteiger partial charge in [-0.1, -0.05) is 20.8 Å². The van der Waals surface area contributed by atoms with Gasteiger partial charge >= 0.3 is 6.03 Å². The maximum atomic E-state index is 12.9. The Morgan fingerprint density at radius 2 is 2.08 bits per heavy atom. The topological polar surface area (TPSA) is 105 Å². The molecule has 1 aliphatic heterocycles. The van der Waals surface area contributed by atoms with Gasteiger partial charge < -0.3 is 16.4 Å². The molecule has 2 rings (SSSR count). The standard InChI is InChI=1S/C17H30N4O3/c1-11-7-16(3,4)10-17(8-11)14(23)21(15(24)20-17)9-13(22)19-6-5-12(2)18/h11-12H,5-10,18H2,1-4H3,(H,19,22)(H,20,24). The maximum absolute atomic E-state index is 12.9. The van der Waals surface area contributed by atoms with Gasteiger partial charge in [0.05, 0.1) is 0 Å². The average Bonchev–Trinajstić information content (AvgIpc) is 2.60. The molecule has 0 bridgehead atoms. The molecule has 136 valence electrons. The Morgan fingerprint density at radius 3 is 2.67 bits per heavy atom. The lowest BCUT2D eigenvalue weighted by Crippen LogP contribution is -2.54. The first-order valence-corrected chi connectivity index (χ1v) is 8.71. The van der Waals surface area contributed by atoms with Crippen LogP contribution in [-0.2, 0) is 9.59 Å². The summed E-state index contributed by atoms with van der Waals surface area (Å²) in [6.45, 7) is 8.40. The van der Waals surface area contributed by atoms with Crippen LogP contribution in [0.4, 0.5) is 4.79 Å². The van der Waals surface area contributed by atoms with E-state index in [0.29, 0.717) is 31.7 Å². The van der Waals surface area contributed by atoms with Gasteiger partial charge in [0.15, 0.2) is 0 Å². The van der Waals surface area contributed by atoms with Crippen LogP contribution in [0.25, 0.3) is 0 Å². The third-order valence-corrected chi connectivity index (χ3v) is 4.85. The monoisotopic (exact) mass is 338 g/mol. The van der Waals surface area contributed by atoms with E-state index >= 15 is 0 Å². The van der Waals surface area contributed by atoms with Crippen molar-refractivity contribution in [2.45, 2.75) is 65.0 Å². The molecule has 24 heavy (non-hydrogen) atoms. The number of imide groups is 1. The number of carbonyl (C=O) groups excluding carboxylic acids is 3. The minimum Gasteiger partial charge on any atom is -0.354 e. The van der Waals surface area contributed by atoms with E-state index < -0.39 is 11.6 Å². The van der Waals surface area contributed by atoms with Crippen LogP contribution < -0.4 is 16.4 Å². The second kappa shape index (κ2) is 6.70. The van der Waals surface area contributed by atoms with Gasteiger partial charge in [0.25, 0.3) is 5.91 Å². The number of urea groups is 1. The molecule has 2 aliphatic rings. The van der Waals surface area contributed by atoms with Gasteiger partial charge in [0, 0.05) is 12.6 Å². The van der Waals surface area contributed by atoms with Crippen LogP contribution in [0.3, 0.4) is 0 Å². The summed E-state index contributed by atoms with van der Waals surface area (Å²) in [7, 11) is 0. The quantitative estimate of drug-likeness (QED) is 0.650. The number of rotatable bonds is 5. The van der Waals surface area contributed by atoms with E-state index in [1.54, 1.807) is 0 Å². The van der Waals surface area contributed by atoms with E-state index in [4.69, 9.17) is 5.73 Å². The zero-order valence-corrected chi connectivity index (χ0v) is 15.1. The minimum absolute atomic E-state index is 0.00348. The molecule has 0 aromatic carbocycles. The zero-order chi connectivity index (χ0) is 18.1. The van der Waals surface area contributed by atoms with E-state index in [1.807, 2.05) is 6.92 Å². The molecule has 3 atom stereocenters. The summed E-state index contributed by atoms with van der Waals surface area (Å²) in [6, 6.07) is -0.469. The fraction of sp³-hybridized carbons (Fsp3) is 0.824. The summed E-state index contributed by atoms with van der Waals surface area (Å²) in [6.07, 6.45) is 2.92. The van der Waals surface area contributed by atoms with Gasteiger partial charge in [-0.15, -0.1) is 0 Å². The summed E-state index contributed by atoms with van der Waals surface area (Å²) in [5.41, 5.74) is 4.76. The van der Waals surface area contributed by atoms with Crippen LogP contribution >= 0.6 is 0 Å². The first-order valence-electron chi connectivity index (χ1n) is 8.71. The summed E-state index contributed by atoms with van der Waals surface area (Å²) >= 11 is 0. The SMILES string of the molecule is CC(N)CCNC(=O)CN1C(=O)NC2(CC(C)CC(C)(C)C2)C1=O. The third kappa shape index (κ3) is 4.06. The Hall–Kier alpha value is -1.63. The van der Waals surface area contributed by atoms with Crippen molar-refractivity contribution >= 4 is 17.8 Å². The van der Waals surface area contributed by atoms with Gasteiger partial charge in [-0.25, -0.2) is 4.79 Å². The summed E-state index contributed by atoms with van der Waals surface area (Å²) in [5, 5.41) is 5.58. The highest BCUT2D eigenvalue weighted by Crippen LogP contribution is 2.46. The Labute approximate surface area is 143 Å². The second-order valence-corrected chi connectivity index (χ2v) is 8.37. The van der Waals surface area contributed by atoms with Gasteiger partial charge in [0.1, 0.15) is 12.1 Å². The normalized spacial score (nSPS) is 30.4. The average molecular weight is 338 g/mol. The van der Waals surface area contributed by atoms with Crippen LogP contribution in [-0.4, -0.2) is 47.4 Å². The Morgan fingerprint density at radius 1 is 1.42 bits per heavy atom. The number of hydrogen-bond donors (Lipinski definition) is 3. The lowest BCUT2D eigenvalue weighted by molar-refractivity contribution is -0.137. The minimum atomic E-state index is -0.857. The van der Waals surface area contributed by atoms with Gasteiger partial charge in [0.2, 0.25) is 5.91 Å². The molecule has 0 aromatic rings. The van der Waals surface area contributed by atoms with Gasteiger partial charge in [-0.2, -0.15) is 0 Å². The first-order chi connectivity index (χ1) is 11.0. The summed E-state index contributed by atoms with van der Waals surface area (Å²) in [4.78, 5) is 38.2. The molecule has 1 saturated carbocycles. The predicted octanol–water partition coefficient (Wildman–Crippen LogP) is 0.977. The van der Waals surface area contributed by atoms with E-state index in [1.165, 1.54) is 0 Å². The molecule has 1 aliphatic carbocycles. The molecule has 1 spiro atoms. The lowest BCUT2D eigenvalue weighted by atomic mass is 9.64. The van der Waals surface area contributed by atoms with Crippen LogP contribution in [0.15, 0.2) is 0 Å². The molecule has 7 nitrogen and oxygen atoms in total. The van der Waals surface area contributed by atoms with Crippen LogP contribution in [0.5, 0.6) is 0 Å². The number of nitrogens with zero attached hydrogens (tertiary/aromatic N) is 1. The van der Waals surface area contributed by atoms with Gasteiger partial charge in [-0.3, -0.25) is 14.5 Å².